The largest absolute Gasteiger partial charge is 0.370 e. The number of aromatic nitrogens is 2. The molecule has 1 aromatic rings. The van der Waals surface area contributed by atoms with Gasteiger partial charge in [-0.2, -0.15) is 0 Å². The molecule has 3 N–H and O–H groups in total. The van der Waals surface area contributed by atoms with E-state index in [2.05, 4.69) is 20.3 Å². The van der Waals surface area contributed by atoms with Crippen LogP contribution in [-0.4, -0.2) is 21.5 Å². The SMILES string of the molecule is CC(C)(C)NC(N)=NCc1ccncn1. The average molecular weight is 207 g/mol. The molecule has 0 radical (unpaired) electrons. The van der Waals surface area contributed by atoms with E-state index in [4.69, 9.17) is 5.73 Å². The number of hydrogen-bond donors (Lipinski definition) is 2. The Kier molecular flexibility index (Phi) is 3.60. The van der Waals surface area contributed by atoms with Gasteiger partial charge < -0.3 is 11.1 Å². The van der Waals surface area contributed by atoms with Gasteiger partial charge in [-0.3, -0.25) is 0 Å². The lowest BCUT2D eigenvalue weighted by Crippen LogP contribution is -2.44. The van der Waals surface area contributed by atoms with Crippen molar-refractivity contribution >= 4 is 5.96 Å². The van der Waals surface area contributed by atoms with Gasteiger partial charge >= 0.3 is 0 Å². The second-order valence-electron chi connectivity index (χ2n) is 4.28. The van der Waals surface area contributed by atoms with Crippen molar-refractivity contribution in [2.45, 2.75) is 32.9 Å². The quantitative estimate of drug-likeness (QED) is 0.552. The maximum atomic E-state index is 5.70. The highest BCUT2D eigenvalue weighted by Gasteiger charge is 2.09. The first-order chi connectivity index (χ1) is 6.97. The normalized spacial score (nSPS) is 12.6. The van der Waals surface area contributed by atoms with Crippen LogP contribution < -0.4 is 11.1 Å². The first-order valence-corrected chi connectivity index (χ1v) is 4.80. The third kappa shape index (κ3) is 4.95. The molecule has 0 aliphatic rings. The Morgan fingerprint density at radius 3 is 2.80 bits per heavy atom. The number of nitrogens with two attached hydrogens (primary N) is 1. The predicted octanol–water partition coefficient (Wildman–Crippen LogP) is 0.679. The van der Waals surface area contributed by atoms with E-state index in [0.29, 0.717) is 12.5 Å². The molecule has 82 valence electrons. The van der Waals surface area contributed by atoms with Gasteiger partial charge in [0.15, 0.2) is 5.96 Å². The summed E-state index contributed by atoms with van der Waals surface area (Å²) in [5.74, 6) is 0.432. The molecular weight excluding hydrogens is 190 g/mol. The minimum atomic E-state index is -0.0702. The molecule has 0 unspecified atom stereocenters. The van der Waals surface area contributed by atoms with E-state index in [1.165, 1.54) is 6.33 Å². The Bertz CT molecular complexity index is 325. The van der Waals surface area contributed by atoms with Gasteiger partial charge in [0, 0.05) is 11.7 Å². The van der Waals surface area contributed by atoms with Crippen molar-refractivity contribution in [3.05, 3.63) is 24.3 Å². The minimum Gasteiger partial charge on any atom is -0.370 e. The first kappa shape index (κ1) is 11.4. The summed E-state index contributed by atoms with van der Waals surface area (Å²) in [6, 6.07) is 1.81. The summed E-state index contributed by atoms with van der Waals surface area (Å²) in [5.41, 5.74) is 6.48. The third-order valence-corrected chi connectivity index (χ3v) is 1.56. The second-order valence-corrected chi connectivity index (χ2v) is 4.28. The van der Waals surface area contributed by atoms with Gasteiger partial charge in [-0.25, -0.2) is 15.0 Å². The molecule has 0 bridgehead atoms. The molecule has 0 saturated carbocycles. The van der Waals surface area contributed by atoms with Crippen LogP contribution in [0.5, 0.6) is 0 Å². The van der Waals surface area contributed by atoms with E-state index >= 15 is 0 Å². The highest BCUT2D eigenvalue weighted by molar-refractivity contribution is 5.78. The molecule has 0 aliphatic carbocycles. The van der Waals surface area contributed by atoms with Crippen LogP contribution in [-0.2, 0) is 6.54 Å². The van der Waals surface area contributed by atoms with Crippen LogP contribution in [0.3, 0.4) is 0 Å². The number of nitrogens with zero attached hydrogens (tertiary/aromatic N) is 3. The summed E-state index contributed by atoms with van der Waals surface area (Å²) in [6.07, 6.45) is 3.18. The molecule has 0 aliphatic heterocycles. The number of hydrogen-bond acceptors (Lipinski definition) is 3. The van der Waals surface area contributed by atoms with Crippen LogP contribution in [0.1, 0.15) is 26.5 Å². The molecule has 0 amide bonds. The van der Waals surface area contributed by atoms with Crippen LogP contribution >= 0.6 is 0 Å². The number of nitrogens with one attached hydrogen (secondary N) is 1. The van der Waals surface area contributed by atoms with Crippen LogP contribution in [0.25, 0.3) is 0 Å². The highest BCUT2D eigenvalue weighted by Crippen LogP contribution is 1.98. The van der Waals surface area contributed by atoms with E-state index < -0.39 is 0 Å². The standard InChI is InChI=1S/C10H17N5/c1-10(2,3)15-9(11)13-6-8-4-5-12-7-14-8/h4-5,7H,6H2,1-3H3,(H3,11,13,15). The maximum Gasteiger partial charge on any atom is 0.189 e. The van der Waals surface area contributed by atoms with Gasteiger partial charge in [0.25, 0.3) is 0 Å². The molecule has 0 saturated heterocycles. The van der Waals surface area contributed by atoms with Crippen molar-refractivity contribution < 1.29 is 0 Å². The van der Waals surface area contributed by atoms with E-state index in [0.717, 1.165) is 5.69 Å². The molecule has 0 spiro atoms. The lowest BCUT2D eigenvalue weighted by atomic mass is 10.1. The lowest BCUT2D eigenvalue weighted by molar-refractivity contribution is 0.508. The van der Waals surface area contributed by atoms with Gasteiger partial charge in [-0.05, 0) is 26.8 Å². The van der Waals surface area contributed by atoms with Crippen LogP contribution in [0.15, 0.2) is 23.6 Å². The van der Waals surface area contributed by atoms with Gasteiger partial charge in [0.1, 0.15) is 6.33 Å². The molecule has 0 atom stereocenters. The minimum absolute atomic E-state index is 0.0702. The van der Waals surface area contributed by atoms with Gasteiger partial charge in [-0.15, -0.1) is 0 Å². The average Bonchev–Trinajstić information content (AvgIpc) is 2.14. The molecule has 15 heavy (non-hydrogen) atoms. The Balaban J connectivity index is 2.51. The van der Waals surface area contributed by atoms with Crippen LogP contribution in [0.4, 0.5) is 0 Å². The van der Waals surface area contributed by atoms with E-state index in [1.54, 1.807) is 6.20 Å². The van der Waals surface area contributed by atoms with E-state index in [-0.39, 0.29) is 5.54 Å². The zero-order valence-electron chi connectivity index (χ0n) is 9.36. The number of rotatable bonds is 2. The zero-order valence-corrected chi connectivity index (χ0v) is 9.36. The molecular formula is C10H17N5. The number of aliphatic imine (C=N–C) groups is 1. The lowest BCUT2D eigenvalue weighted by Gasteiger charge is -2.20. The smallest absolute Gasteiger partial charge is 0.189 e. The summed E-state index contributed by atoms with van der Waals surface area (Å²) in [4.78, 5) is 12.0. The summed E-state index contributed by atoms with van der Waals surface area (Å²) in [5, 5.41) is 3.07. The topological polar surface area (TPSA) is 76.2 Å². The summed E-state index contributed by atoms with van der Waals surface area (Å²) in [7, 11) is 0. The van der Waals surface area contributed by atoms with Crippen LogP contribution in [0, 0.1) is 0 Å². The maximum absolute atomic E-state index is 5.70. The molecule has 0 aromatic carbocycles. The fourth-order valence-corrected chi connectivity index (χ4v) is 1.00. The molecule has 1 aromatic heterocycles. The molecule has 5 nitrogen and oxygen atoms in total. The molecule has 0 fully saturated rings. The molecule has 5 heteroatoms. The predicted molar refractivity (Wildman–Crippen MR) is 60.2 cm³/mol. The molecule has 1 rings (SSSR count). The highest BCUT2D eigenvalue weighted by atomic mass is 15.1. The fraction of sp³-hybridized carbons (Fsp3) is 0.500. The molecule has 1 heterocycles. The second kappa shape index (κ2) is 4.72. The Labute approximate surface area is 89.8 Å². The summed E-state index contributed by atoms with van der Waals surface area (Å²) in [6.45, 7) is 6.55. The van der Waals surface area contributed by atoms with Crippen molar-refractivity contribution in [3.63, 3.8) is 0 Å². The van der Waals surface area contributed by atoms with Crippen LogP contribution in [0.2, 0.25) is 0 Å². The Morgan fingerprint density at radius 2 is 2.27 bits per heavy atom. The van der Waals surface area contributed by atoms with Crippen molar-refractivity contribution in [3.8, 4) is 0 Å². The van der Waals surface area contributed by atoms with Crippen molar-refractivity contribution in [2.24, 2.45) is 10.7 Å². The third-order valence-electron chi connectivity index (χ3n) is 1.56. The van der Waals surface area contributed by atoms with Gasteiger partial charge in [0.2, 0.25) is 0 Å². The summed E-state index contributed by atoms with van der Waals surface area (Å²) >= 11 is 0. The summed E-state index contributed by atoms with van der Waals surface area (Å²) < 4.78 is 0. The van der Waals surface area contributed by atoms with Crippen molar-refractivity contribution in [1.29, 1.82) is 0 Å². The van der Waals surface area contributed by atoms with Gasteiger partial charge in [-0.1, -0.05) is 0 Å². The monoisotopic (exact) mass is 207 g/mol. The van der Waals surface area contributed by atoms with Crippen molar-refractivity contribution in [2.75, 3.05) is 0 Å². The first-order valence-electron chi connectivity index (χ1n) is 4.80. The zero-order chi connectivity index (χ0) is 11.3. The van der Waals surface area contributed by atoms with E-state index in [1.807, 2.05) is 26.8 Å². The Morgan fingerprint density at radius 1 is 1.53 bits per heavy atom. The van der Waals surface area contributed by atoms with Crippen molar-refractivity contribution in [1.82, 2.24) is 15.3 Å². The fourth-order valence-electron chi connectivity index (χ4n) is 1.00. The van der Waals surface area contributed by atoms with E-state index in [9.17, 15) is 0 Å². The van der Waals surface area contributed by atoms with Gasteiger partial charge in [0.05, 0.1) is 12.2 Å². The Hall–Kier alpha value is -1.65. The number of guanidine groups is 1.